The molecule has 0 aliphatic carbocycles. The molecule has 1 aromatic rings. The van der Waals surface area contributed by atoms with Crippen LogP contribution in [0, 0.1) is 13.8 Å². The van der Waals surface area contributed by atoms with Crippen molar-refractivity contribution in [2.75, 3.05) is 26.2 Å². The first kappa shape index (κ1) is 12.0. The number of hydrogen-bond donors (Lipinski definition) is 1. The Hall–Kier alpha value is -1.42. The summed E-state index contributed by atoms with van der Waals surface area (Å²) in [6.07, 6.45) is 1.02. The van der Waals surface area contributed by atoms with Gasteiger partial charge in [-0.15, -0.1) is 0 Å². The van der Waals surface area contributed by atoms with Gasteiger partial charge in [-0.05, 0) is 38.9 Å². The first-order valence-corrected chi connectivity index (χ1v) is 6.13. The van der Waals surface area contributed by atoms with E-state index in [0.29, 0.717) is 0 Å². The molecule has 0 unspecified atom stereocenters. The molecule has 2 heterocycles. The number of carbonyl (C=O) groups is 1. The molecule has 1 aliphatic rings. The van der Waals surface area contributed by atoms with Crippen LogP contribution in [0.2, 0.25) is 0 Å². The predicted molar refractivity (Wildman–Crippen MR) is 67.1 cm³/mol. The number of nitrogens with zero attached hydrogens (tertiary/aromatic N) is 2. The summed E-state index contributed by atoms with van der Waals surface area (Å²) in [5, 5.41) is 3.30. The average molecular weight is 233 g/mol. The van der Waals surface area contributed by atoms with Gasteiger partial charge in [0.05, 0.1) is 11.3 Å². The van der Waals surface area contributed by atoms with Gasteiger partial charge in [-0.1, -0.05) is 0 Å². The van der Waals surface area contributed by atoms with Gasteiger partial charge in [-0.2, -0.15) is 0 Å². The number of hydrogen-bond acceptors (Lipinski definition) is 3. The van der Waals surface area contributed by atoms with Crippen molar-refractivity contribution in [3.63, 3.8) is 0 Å². The molecule has 1 saturated heterocycles. The number of carbonyl (C=O) groups excluding carboxylic acids is 1. The van der Waals surface area contributed by atoms with Gasteiger partial charge < -0.3 is 10.2 Å². The maximum Gasteiger partial charge on any atom is 0.255 e. The zero-order valence-electron chi connectivity index (χ0n) is 10.5. The van der Waals surface area contributed by atoms with Crippen molar-refractivity contribution in [2.45, 2.75) is 20.3 Å². The van der Waals surface area contributed by atoms with Gasteiger partial charge >= 0.3 is 0 Å². The van der Waals surface area contributed by atoms with Gasteiger partial charge in [0.2, 0.25) is 0 Å². The number of nitrogens with one attached hydrogen (secondary N) is 1. The Morgan fingerprint density at radius 2 is 2.12 bits per heavy atom. The smallest absolute Gasteiger partial charge is 0.255 e. The summed E-state index contributed by atoms with van der Waals surface area (Å²) in [7, 11) is 0. The van der Waals surface area contributed by atoms with E-state index >= 15 is 0 Å². The molecule has 0 aromatic carbocycles. The second-order valence-corrected chi connectivity index (χ2v) is 4.48. The summed E-state index contributed by atoms with van der Waals surface area (Å²) in [5.74, 6) is 0.110. The van der Waals surface area contributed by atoms with E-state index in [4.69, 9.17) is 0 Å². The topological polar surface area (TPSA) is 45.2 Å². The van der Waals surface area contributed by atoms with E-state index < -0.39 is 0 Å². The van der Waals surface area contributed by atoms with Crippen LogP contribution < -0.4 is 5.32 Å². The predicted octanol–water partition coefficient (Wildman–Crippen LogP) is 1.13. The maximum atomic E-state index is 12.3. The highest BCUT2D eigenvalue weighted by atomic mass is 16.2. The second-order valence-electron chi connectivity index (χ2n) is 4.48. The Balaban J connectivity index is 2.17. The molecule has 1 amide bonds. The highest BCUT2D eigenvalue weighted by Gasteiger charge is 2.18. The van der Waals surface area contributed by atoms with Crippen LogP contribution in [-0.4, -0.2) is 42.0 Å². The van der Waals surface area contributed by atoms with Crippen LogP contribution in [0.3, 0.4) is 0 Å². The lowest BCUT2D eigenvalue weighted by molar-refractivity contribution is 0.0765. The number of aryl methyl sites for hydroxylation is 2. The Kier molecular flexibility index (Phi) is 3.74. The zero-order chi connectivity index (χ0) is 12.3. The average Bonchev–Trinajstić information content (AvgIpc) is 2.56. The summed E-state index contributed by atoms with van der Waals surface area (Å²) in [4.78, 5) is 18.6. The summed E-state index contributed by atoms with van der Waals surface area (Å²) in [5.41, 5.74) is 2.52. The van der Waals surface area contributed by atoms with Gasteiger partial charge in [-0.3, -0.25) is 9.78 Å². The van der Waals surface area contributed by atoms with Crippen LogP contribution in [0.1, 0.15) is 28.2 Å². The molecule has 1 fully saturated rings. The van der Waals surface area contributed by atoms with Crippen molar-refractivity contribution >= 4 is 5.91 Å². The molecule has 4 nitrogen and oxygen atoms in total. The minimum atomic E-state index is 0.110. The highest BCUT2D eigenvalue weighted by Crippen LogP contribution is 2.11. The summed E-state index contributed by atoms with van der Waals surface area (Å²) < 4.78 is 0. The minimum absolute atomic E-state index is 0.110. The van der Waals surface area contributed by atoms with Crippen molar-refractivity contribution in [3.8, 4) is 0 Å². The van der Waals surface area contributed by atoms with E-state index in [1.54, 1.807) is 0 Å². The van der Waals surface area contributed by atoms with Gasteiger partial charge in [0, 0.05) is 25.3 Å². The molecule has 0 bridgehead atoms. The fourth-order valence-corrected chi connectivity index (χ4v) is 2.13. The van der Waals surface area contributed by atoms with Crippen molar-refractivity contribution < 1.29 is 4.79 Å². The van der Waals surface area contributed by atoms with Crippen molar-refractivity contribution in [1.29, 1.82) is 0 Å². The normalized spacial score (nSPS) is 16.7. The number of pyridine rings is 1. The Labute approximate surface area is 102 Å². The molecule has 0 saturated carbocycles. The van der Waals surface area contributed by atoms with Crippen LogP contribution in [0.4, 0.5) is 0 Å². The molecule has 1 aromatic heterocycles. The molecule has 1 aliphatic heterocycles. The molecule has 92 valence electrons. The molecule has 17 heavy (non-hydrogen) atoms. The van der Waals surface area contributed by atoms with E-state index in [9.17, 15) is 4.79 Å². The van der Waals surface area contributed by atoms with Crippen molar-refractivity contribution in [2.24, 2.45) is 0 Å². The van der Waals surface area contributed by atoms with E-state index in [2.05, 4.69) is 10.3 Å². The lowest BCUT2D eigenvalue weighted by atomic mass is 10.1. The van der Waals surface area contributed by atoms with Crippen LogP contribution in [-0.2, 0) is 0 Å². The van der Waals surface area contributed by atoms with E-state index in [-0.39, 0.29) is 5.91 Å². The molecule has 0 atom stereocenters. The first-order chi connectivity index (χ1) is 8.18. The third-order valence-electron chi connectivity index (χ3n) is 3.08. The Morgan fingerprint density at radius 1 is 1.29 bits per heavy atom. The second kappa shape index (κ2) is 5.27. The van der Waals surface area contributed by atoms with Crippen LogP contribution in [0.5, 0.6) is 0 Å². The molecule has 0 spiro atoms. The molecule has 0 radical (unpaired) electrons. The lowest BCUT2D eigenvalue weighted by Crippen LogP contribution is -2.34. The summed E-state index contributed by atoms with van der Waals surface area (Å²) in [6.45, 7) is 7.33. The summed E-state index contributed by atoms with van der Waals surface area (Å²) >= 11 is 0. The van der Waals surface area contributed by atoms with Crippen LogP contribution in [0.25, 0.3) is 0 Å². The van der Waals surface area contributed by atoms with Crippen LogP contribution in [0.15, 0.2) is 12.1 Å². The Morgan fingerprint density at radius 3 is 2.88 bits per heavy atom. The lowest BCUT2D eigenvalue weighted by Gasteiger charge is -2.20. The quantitative estimate of drug-likeness (QED) is 0.791. The molecule has 2 rings (SSSR count). The van der Waals surface area contributed by atoms with E-state index in [1.165, 1.54) is 0 Å². The molecular weight excluding hydrogens is 214 g/mol. The zero-order valence-corrected chi connectivity index (χ0v) is 10.5. The maximum absolute atomic E-state index is 12.3. The molecular formula is C13H19N3O. The number of aromatic nitrogens is 1. The SMILES string of the molecule is Cc1ccc(C(=O)N2CCCNCC2)c(C)n1. The minimum Gasteiger partial charge on any atom is -0.337 e. The third-order valence-corrected chi connectivity index (χ3v) is 3.08. The van der Waals surface area contributed by atoms with Crippen molar-refractivity contribution in [3.05, 3.63) is 29.1 Å². The van der Waals surface area contributed by atoms with Gasteiger partial charge in [-0.25, -0.2) is 0 Å². The van der Waals surface area contributed by atoms with Crippen molar-refractivity contribution in [1.82, 2.24) is 15.2 Å². The van der Waals surface area contributed by atoms with E-state index in [0.717, 1.165) is 49.6 Å². The fraction of sp³-hybridized carbons (Fsp3) is 0.538. The summed E-state index contributed by atoms with van der Waals surface area (Å²) in [6, 6.07) is 3.79. The molecule has 4 heteroatoms. The third kappa shape index (κ3) is 2.82. The van der Waals surface area contributed by atoms with Crippen LogP contribution >= 0.6 is 0 Å². The monoisotopic (exact) mass is 233 g/mol. The fourth-order valence-electron chi connectivity index (χ4n) is 2.13. The van der Waals surface area contributed by atoms with Gasteiger partial charge in [0.1, 0.15) is 0 Å². The first-order valence-electron chi connectivity index (χ1n) is 6.13. The molecule has 1 N–H and O–H groups in total. The number of amides is 1. The van der Waals surface area contributed by atoms with E-state index in [1.807, 2.05) is 30.9 Å². The van der Waals surface area contributed by atoms with Gasteiger partial charge in [0.15, 0.2) is 0 Å². The standard InChI is InChI=1S/C13H19N3O/c1-10-4-5-12(11(2)15-10)13(17)16-8-3-6-14-7-9-16/h4-5,14H,3,6-9H2,1-2H3. The van der Waals surface area contributed by atoms with Gasteiger partial charge in [0.25, 0.3) is 5.91 Å². The Bertz CT molecular complexity index is 409. The highest BCUT2D eigenvalue weighted by molar-refractivity contribution is 5.95. The largest absolute Gasteiger partial charge is 0.337 e. The number of rotatable bonds is 1.